The number of hydrogen-bond donors (Lipinski definition) is 6. The quantitative estimate of drug-likeness (QED) is 0.0468. The van der Waals surface area contributed by atoms with Crippen molar-refractivity contribution in [1.82, 2.24) is 0 Å². The first kappa shape index (κ1) is 41.0. The number of ether oxygens (including phenoxy) is 6. The summed E-state index contributed by atoms with van der Waals surface area (Å²) in [5.41, 5.74) is 0. The van der Waals surface area contributed by atoms with Crippen LogP contribution in [0.1, 0.15) is 20.8 Å². The molecule has 1 aliphatic carbocycles. The fourth-order valence-electron chi connectivity index (χ4n) is 2.99. The molecule has 24 nitrogen and oxygen atoms in total. The first-order valence-corrected chi connectivity index (χ1v) is 16.8. The Morgan fingerprint density at radius 3 is 1.02 bits per heavy atom. The van der Waals surface area contributed by atoms with Crippen molar-refractivity contribution in [2.75, 3.05) is 40.2 Å². The Bertz CT molecular complexity index is 1040. The Morgan fingerprint density at radius 1 is 0.489 bits per heavy atom. The normalized spacial score (nSPS) is 27.1. The smallest absolute Gasteiger partial charge is 0.435 e. The largest absolute Gasteiger partial charge is 0.510 e. The predicted molar refractivity (Wildman–Crippen MR) is 134 cm³/mol. The molecule has 0 aromatic heterocycles. The highest BCUT2D eigenvalue weighted by Crippen LogP contribution is 2.54. The SMILES string of the molecule is CCOC(=O)OCOP(=O)(O)OC1[C@H](OP(=O)(O)OCOC(=O)OCC)[C@H](O)C(O)[C@H](O)[C@H]1OP(=O)(O)OCOC(=O)OCC. The predicted octanol–water partition coefficient (Wildman–Crippen LogP) is -0.0189. The summed E-state index contributed by atoms with van der Waals surface area (Å²) in [5.74, 6) is 0. The van der Waals surface area contributed by atoms with Crippen LogP contribution in [0.2, 0.25) is 0 Å². The van der Waals surface area contributed by atoms with E-state index >= 15 is 0 Å². The minimum Gasteiger partial charge on any atom is -0.435 e. The van der Waals surface area contributed by atoms with Gasteiger partial charge in [-0.2, -0.15) is 0 Å². The third kappa shape index (κ3) is 15.0. The van der Waals surface area contributed by atoms with Gasteiger partial charge in [0.2, 0.25) is 20.4 Å². The van der Waals surface area contributed by atoms with Gasteiger partial charge in [-0.3, -0.25) is 13.6 Å². The molecule has 6 N–H and O–H groups in total. The van der Waals surface area contributed by atoms with Gasteiger partial charge < -0.3 is 58.4 Å². The first-order chi connectivity index (χ1) is 20.9. The van der Waals surface area contributed by atoms with Crippen LogP contribution in [0.3, 0.4) is 0 Å². The molecule has 264 valence electrons. The van der Waals surface area contributed by atoms with Crippen LogP contribution in [0.4, 0.5) is 14.4 Å². The summed E-state index contributed by atoms with van der Waals surface area (Å²) in [6.07, 6.45) is -19.4. The summed E-state index contributed by atoms with van der Waals surface area (Å²) in [4.78, 5) is 64.1. The van der Waals surface area contributed by atoms with Crippen LogP contribution in [0.5, 0.6) is 0 Å². The molecule has 1 saturated carbocycles. The highest BCUT2D eigenvalue weighted by Gasteiger charge is 2.57. The van der Waals surface area contributed by atoms with Crippen molar-refractivity contribution in [3.63, 3.8) is 0 Å². The molecule has 0 aromatic carbocycles. The van der Waals surface area contributed by atoms with E-state index in [9.17, 15) is 58.1 Å². The molecule has 0 heterocycles. The molecule has 0 bridgehead atoms. The average Bonchev–Trinajstić information content (AvgIpc) is 2.92. The zero-order valence-corrected chi connectivity index (χ0v) is 26.3. The maximum Gasteiger partial charge on any atom is 0.510 e. The molecule has 0 amide bonds. The molecule has 9 atom stereocenters. The van der Waals surface area contributed by atoms with E-state index < -0.39 is 98.9 Å². The molecule has 1 aliphatic rings. The van der Waals surface area contributed by atoms with Gasteiger partial charge in [-0.1, -0.05) is 0 Å². The Kier molecular flexibility index (Phi) is 17.3. The number of hydrogen-bond acceptors (Lipinski definition) is 21. The van der Waals surface area contributed by atoms with Crippen LogP contribution in [-0.2, 0) is 69.3 Å². The lowest BCUT2D eigenvalue weighted by Crippen LogP contribution is -2.65. The van der Waals surface area contributed by atoms with E-state index in [0.717, 1.165) is 0 Å². The molecule has 1 rings (SSSR count). The summed E-state index contributed by atoms with van der Waals surface area (Å²) >= 11 is 0. The van der Waals surface area contributed by atoms with E-state index in [4.69, 9.17) is 13.6 Å². The van der Waals surface area contributed by atoms with Gasteiger partial charge in [-0.15, -0.1) is 0 Å². The van der Waals surface area contributed by atoms with E-state index in [2.05, 4.69) is 42.0 Å². The minimum atomic E-state index is -5.59. The molecule has 1 fully saturated rings. The fraction of sp³-hybridized carbons (Fsp3) is 0.833. The Hall–Kier alpha value is -1.98. The summed E-state index contributed by atoms with van der Waals surface area (Å²) < 4.78 is 91.2. The zero-order valence-electron chi connectivity index (χ0n) is 23.6. The topological polar surface area (TPSA) is 335 Å². The van der Waals surface area contributed by atoms with Crippen LogP contribution in [0, 0.1) is 0 Å². The van der Waals surface area contributed by atoms with Crippen molar-refractivity contribution in [2.45, 2.75) is 57.4 Å². The molecule has 0 saturated heterocycles. The number of phosphoric acid groups is 3. The van der Waals surface area contributed by atoms with E-state index in [-0.39, 0.29) is 19.8 Å². The second kappa shape index (κ2) is 19.0. The molecule has 0 aliphatic heterocycles. The van der Waals surface area contributed by atoms with Crippen molar-refractivity contribution in [1.29, 1.82) is 0 Å². The van der Waals surface area contributed by atoms with Crippen LogP contribution in [0.25, 0.3) is 0 Å². The van der Waals surface area contributed by atoms with E-state index in [1.165, 1.54) is 20.8 Å². The van der Waals surface area contributed by atoms with Gasteiger partial charge in [0.25, 0.3) is 0 Å². The van der Waals surface area contributed by atoms with Gasteiger partial charge in [0.1, 0.15) is 36.6 Å². The van der Waals surface area contributed by atoms with Gasteiger partial charge in [0.05, 0.1) is 19.8 Å². The lowest BCUT2D eigenvalue weighted by molar-refractivity contribution is -0.215. The molecular formula is C18H33O24P3. The third-order valence-corrected chi connectivity index (χ3v) is 7.57. The molecule has 0 spiro atoms. The monoisotopic (exact) mass is 726 g/mol. The summed E-state index contributed by atoms with van der Waals surface area (Å²) in [6.45, 7) is -0.197. The zero-order chi connectivity index (χ0) is 34.4. The maximum atomic E-state index is 12.6. The lowest BCUT2D eigenvalue weighted by atomic mass is 9.85. The highest BCUT2D eigenvalue weighted by molar-refractivity contribution is 7.48. The average molecular weight is 726 g/mol. The maximum absolute atomic E-state index is 12.6. The van der Waals surface area contributed by atoms with Crippen LogP contribution in [0.15, 0.2) is 0 Å². The number of rotatable bonds is 18. The Labute approximate surface area is 253 Å². The molecule has 45 heavy (non-hydrogen) atoms. The van der Waals surface area contributed by atoms with Gasteiger partial charge in [-0.05, 0) is 20.8 Å². The van der Waals surface area contributed by atoms with E-state index in [1.807, 2.05) is 0 Å². The summed E-state index contributed by atoms with van der Waals surface area (Å²) in [6, 6.07) is 0. The lowest BCUT2D eigenvalue weighted by Gasteiger charge is -2.45. The first-order valence-electron chi connectivity index (χ1n) is 12.3. The molecule has 0 radical (unpaired) electrons. The highest BCUT2D eigenvalue weighted by atomic mass is 31.2. The standard InChI is InChI=1S/C18H33O24P3/c1-4-31-16(22)34-7-37-43(25,26)40-13-11(20)10(19)12(21)14(41-44(27,28)38-8-35-17(23)32-5-2)15(13)42-45(29,30)39-9-36-18(24)33-6-3/h10-15,19-21H,4-9H2,1-3H3,(H,25,26)(H,27,28)(H,29,30)/t10?,11-,12+,13-,14-,15?/m1/s1. The van der Waals surface area contributed by atoms with Crippen molar-refractivity contribution < 1.29 is 114 Å². The number of phosphoric ester groups is 3. The molecule has 5 unspecified atom stereocenters. The van der Waals surface area contributed by atoms with Gasteiger partial charge in [0, 0.05) is 0 Å². The van der Waals surface area contributed by atoms with Crippen LogP contribution >= 0.6 is 23.5 Å². The second-order valence-electron chi connectivity index (χ2n) is 7.81. The number of carbonyl (C=O) groups is 3. The van der Waals surface area contributed by atoms with Gasteiger partial charge in [0.15, 0.2) is 0 Å². The van der Waals surface area contributed by atoms with Gasteiger partial charge >= 0.3 is 41.9 Å². The third-order valence-electron chi connectivity index (χ3n) is 4.75. The van der Waals surface area contributed by atoms with Crippen molar-refractivity contribution in [3.8, 4) is 0 Å². The second-order valence-corrected chi connectivity index (χ2v) is 12.0. The number of aliphatic hydroxyl groups is 3. The molecule has 27 heteroatoms. The van der Waals surface area contributed by atoms with Crippen LogP contribution < -0.4 is 0 Å². The van der Waals surface area contributed by atoms with Crippen molar-refractivity contribution in [3.05, 3.63) is 0 Å². The molecular weight excluding hydrogens is 693 g/mol. The summed E-state index contributed by atoms with van der Waals surface area (Å²) in [5, 5.41) is 31.3. The van der Waals surface area contributed by atoms with Gasteiger partial charge in [-0.25, -0.2) is 41.6 Å². The number of aliphatic hydroxyl groups excluding tert-OH is 3. The van der Waals surface area contributed by atoms with Crippen LogP contribution in [-0.4, -0.2) is 125 Å². The van der Waals surface area contributed by atoms with E-state index in [1.54, 1.807) is 0 Å². The van der Waals surface area contributed by atoms with Crippen molar-refractivity contribution in [2.24, 2.45) is 0 Å². The molecule has 0 aromatic rings. The van der Waals surface area contributed by atoms with Crippen molar-refractivity contribution >= 4 is 41.9 Å². The Balaban J connectivity index is 3.29. The Morgan fingerprint density at radius 2 is 0.756 bits per heavy atom. The number of carbonyl (C=O) groups excluding carboxylic acids is 3. The van der Waals surface area contributed by atoms with E-state index in [0.29, 0.717) is 0 Å². The minimum absolute atomic E-state index is 0.150. The fourth-order valence-corrected chi connectivity index (χ4v) is 5.38. The summed E-state index contributed by atoms with van der Waals surface area (Å²) in [7, 11) is -16.7.